The maximum absolute atomic E-state index is 5.90. The lowest BCUT2D eigenvalue weighted by Gasteiger charge is -2.22. The topological polar surface area (TPSA) is 29.3 Å². The first-order valence-corrected chi connectivity index (χ1v) is 7.21. The van der Waals surface area contributed by atoms with Crippen LogP contribution in [0.25, 0.3) is 0 Å². The van der Waals surface area contributed by atoms with Crippen molar-refractivity contribution in [3.63, 3.8) is 0 Å². The van der Waals surface area contributed by atoms with Gasteiger partial charge in [0.05, 0.1) is 0 Å². The quantitative estimate of drug-likeness (QED) is 0.904. The summed E-state index contributed by atoms with van der Waals surface area (Å²) in [7, 11) is 2.07. The Bertz CT molecular complexity index is 555. The summed E-state index contributed by atoms with van der Waals surface area (Å²) in [5.41, 5.74) is 9.29. The van der Waals surface area contributed by atoms with Crippen LogP contribution in [0.5, 0.6) is 0 Å². The molecule has 2 N–H and O–H groups in total. The molecule has 19 heavy (non-hydrogen) atoms. The summed E-state index contributed by atoms with van der Waals surface area (Å²) in [4.78, 5) is 2.19. The van der Waals surface area contributed by atoms with Crippen LogP contribution in [0, 0.1) is 0 Å². The molecule has 0 amide bonds. The number of nitrogens with two attached hydrogens (primary N) is 1. The first-order valence-electron chi connectivity index (χ1n) is 6.04. The van der Waals surface area contributed by atoms with Crippen LogP contribution in [0.2, 0.25) is 5.02 Å². The summed E-state index contributed by atoms with van der Waals surface area (Å²) in [5, 5.41) is 0.761. The van der Waals surface area contributed by atoms with Crippen molar-refractivity contribution in [3.8, 4) is 0 Å². The Morgan fingerprint density at radius 3 is 2.47 bits per heavy atom. The lowest BCUT2D eigenvalue weighted by Crippen LogP contribution is -2.18. The summed E-state index contributed by atoms with van der Waals surface area (Å²) >= 11 is 9.40. The van der Waals surface area contributed by atoms with E-state index < -0.39 is 0 Å². The summed E-state index contributed by atoms with van der Waals surface area (Å²) in [6.07, 6.45) is 0. The highest BCUT2D eigenvalue weighted by atomic mass is 79.9. The fourth-order valence-corrected chi connectivity index (χ4v) is 2.49. The minimum Gasteiger partial charge on any atom is -0.370 e. The van der Waals surface area contributed by atoms with Gasteiger partial charge in [0.2, 0.25) is 0 Å². The molecule has 0 aliphatic heterocycles. The van der Waals surface area contributed by atoms with E-state index in [1.807, 2.05) is 30.3 Å². The number of rotatable bonds is 4. The standard InChI is InChI=1S/C15H16BrClN2/c1-19(10-11-2-6-14(17)7-3-11)15-8-13(16)5-4-12(15)9-18/h2-8H,9-10,18H2,1H3. The van der Waals surface area contributed by atoms with Crippen molar-refractivity contribution in [2.75, 3.05) is 11.9 Å². The van der Waals surface area contributed by atoms with Crippen LogP contribution < -0.4 is 10.6 Å². The van der Waals surface area contributed by atoms with E-state index in [1.54, 1.807) is 0 Å². The van der Waals surface area contributed by atoms with Crippen molar-refractivity contribution in [2.24, 2.45) is 5.73 Å². The van der Waals surface area contributed by atoms with E-state index in [9.17, 15) is 0 Å². The molecule has 0 unspecified atom stereocenters. The predicted molar refractivity (Wildman–Crippen MR) is 85.6 cm³/mol. The van der Waals surface area contributed by atoms with Gasteiger partial charge in [0, 0.05) is 35.3 Å². The Labute approximate surface area is 127 Å². The molecule has 4 heteroatoms. The zero-order chi connectivity index (χ0) is 13.8. The Morgan fingerprint density at radius 1 is 1.16 bits per heavy atom. The molecule has 0 atom stereocenters. The van der Waals surface area contributed by atoms with Gasteiger partial charge < -0.3 is 10.6 Å². The molecule has 0 saturated carbocycles. The monoisotopic (exact) mass is 338 g/mol. The molecular formula is C15H16BrClN2. The van der Waals surface area contributed by atoms with Gasteiger partial charge >= 0.3 is 0 Å². The lowest BCUT2D eigenvalue weighted by molar-refractivity contribution is 0.903. The number of nitrogens with zero attached hydrogens (tertiary/aromatic N) is 1. The van der Waals surface area contributed by atoms with E-state index in [0.29, 0.717) is 6.54 Å². The van der Waals surface area contributed by atoms with Crippen molar-refractivity contribution in [2.45, 2.75) is 13.1 Å². The number of anilines is 1. The van der Waals surface area contributed by atoms with E-state index in [-0.39, 0.29) is 0 Å². The van der Waals surface area contributed by atoms with Gasteiger partial charge in [0.25, 0.3) is 0 Å². The molecule has 0 saturated heterocycles. The molecule has 0 aliphatic rings. The van der Waals surface area contributed by atoms with Crippen LogP contribution in [-0.2, 0) is 13.1 Å². The van der Waals surface area contributed by atoms with Crippen molar-refractivity contribution >= 4 is 33.2 Å². The number of hydrogen-bond donors (Lipinski definition) is 1. The summed E-state index contributed by atoms with van der Waals surface area (Å²) in [6.45, 7) is 1.36. The first-order chi connectivity index (χ1) is 9.10. The molecule has 0 spiro atoms. The minimum absolute atomic E-state index is 0.535. The number of benzene rings is 2. The predicted octanol–water partition coefficient (Wildman–Crippen LogP) is 4.20. The zero-order valence-corrected chi connectivity index (χ0v) is 13.1. The highest BCUT2D eigenvalue weighted by Crippen LogP contribution is 2.25. The van der Waals surface area contributed by atoms with Crippen molar-refractivity contribution in [1.29, 1.82) is 0 Å². The third-order valence-corrected chi connectivity index (χ3v) is 3.76. The van der Waals surface area contributed by atoms with Crippen LogP contribution in [0.4, 0.5) is 5.69 Å². The largest absolute Gasteiger partial charge is 0.370 e. The lowest BCUT2D eigenvalue weighted by atomic mass is 10.1. The van der Waals surface area contributed by atoms with E-state index in [4.69, 9.17) is 17.3 Å². The van der Waals surface area contributed by atoms with Gasteiger partial charge in [-0.05, 0) is 35.4 Å². The van der Waals surface area contributed by atoms with Crippen LogP contribution in [0.1, 0.15) is 11.1 Å². The Hall–Kier alpha value is -1.03. The number of halogens is 2. The molecule has 0 aromatic heterocycles. The second-order valence-electron chi connectivity index (χ2n) is 4.46. The fraction of sp³-hybridized carbons (Fsp3) is 0.200. The normalized spacial score (nSPS) is 10.5. The molecule has 0 bridgehead atoms. The average Bonchev–Trinajstić information content (AvgIpc) is 2.41. The van der Waals surface area contributed by atoms with E-state index in [0.717, 1.165) is 27.3 Å². The summed E-state index contributed by atoms with van der Waals surface area (Å²) in [5.74, 6) is 0. The number of hydrogen-bond acceptors (Lipinski definition) is 2. The SMILES string of the molecule is CN(Cc1ccc(Cl)cc1)c1cc(Br)ccc1CN. The van der Waals surface area contributed by atoms with Gasteiger partial charge in [-0.3, -0.25) is 0 Å². The van der Waals surface area contributed by atoms with Crippen LogP contribution >= 0.6 is 27.5 Å². The molecule has 0 heterocycles. The van der Waals surface area contributed by atoms with Gasteiger partial charge in [0.1, 0.15) is 0 Å². The van der Waals surface area contributed by atoms with Gasteiger partial charge in [-0.15, -0.1) is 0 Å². The van der Waals surface area contributed by atoms with Crippen LogP contribution in [0.15, 0.2) is 46.9 Å². The third-order valence-electron chi connectivity index (χ3n) is 3.01. The van der Waals surface area contributed by atoms with Crippen LogP contribution in [0.3, 0.4) is 0 Å². The maximum atomic E-state index is 5.90. The molecule has 2 nitrogen and oxygen atoms in total. The maximum Gasteiger partial charge on any atom is 0.0426 e. The van der Waals surface area contributed by atoms with Crippen LogP contribution in [-0.4, -0.2) is 7.05 Å². The van der Waals surface area contributed by atoms with Gasteiger partial charge in [0.15, 0.2) is 0 Å². The molecule has 0 radical (unpaired) electrons. The molecule has 100 valence electrons. The molecule has 0 fully saturated rings. The summed E-state index contributed by atoms with van der Waals surface area (Å²) < 4.78 is 1.06. The fourth-order valence-electron chi connectivity index (χ4n) is 2.01. The first kappa shape index (κ1) is 14.4. The smallest absolute Gasteiger partial charge is 0.0426 e. The molecule has 2 rings (SSSR count). The Morgan fingerprint density at radius 2 is 1.84 bits per heavy atom. The molecular weight excluding hydrogens is 324 g/mol. The van der Waals surface area contributed by atoms with Gasteiger partial charge in [-0.1, -0.05) is 45.7 Å². The minimum atomic E-state index is 0.535. The highest BCUT2D eigenvalue weighted by Gasteiger charge is 2.08. The average molecular weight is 340 g/mol. The second kappa shape index (κ2) is 6.42. The Kier molecular flexibility index (Phi) is 4.86. The van der Waals surface area contributed by atoms with Crippen molar-refractivity contribution in [1.82, 2.24) is 0 Å². The highest BCUT2D eigenvalue weighted by molar-refractivity contribution is 9.10. The molecule has 2 aromatic rings. The van der Waals surface area contributed by atoms with Gasteiger partial charge in [-0.25, -0.2) is 0 Å². The van der Waals surface area contributed by atoms with Gasteiger partial charge in [-0.2, -0.15) is 0 Å². The van der Waals surface area contributed by atoms with Crippen molar-refractivity contribution < 1.29 is 0 Å². The Balaban J connectivity index is 2.21. The molecule has 2 aromatic carbocycles. The third kappa shape index (κ3) is 3.72. The summed E-state index contributed by atoms with van der Waals surface area (Å²) in [6, 6.07) is 14.1. The van der Waals surface area contributed by atoms with E-state index in [2.05, 4.69) is 40.0 Å². The molecule has 0 aliphatic carbocycles. The van der Waals surface area contributed by atoms with E-state index in [1.165, 1.54) is 5.56 Å². The van der Waals surface area contributed by atoms with E-state index >= 15 is 0 Å². The van der Waals surface area contributed by atoms with Crippen molar-refractivity contribution in [3.05, 3.63) is 63.1 Å². The zero-order valence-electron chi connectivity index (χ0n) is 10.7. The second-order valence-corrected chi connectivity index (χ2v) is 5.81.